The molecule has 5 nitrogen and oxygen atoms in total. The Kier molecular flexibility index (Phi) is 3.40. The first-order valence-corrected chi connectivity index (χ1v) is 6.67. The Balaban J connectivity index is 1.65. The van der Waals surface area contributed by atoms with Crippen LogP contribution in [0.3, 0.4) is 0 Å². The van der Waals surface area contributed by atoms with Gasteiger partial charge >= 0.3 is 0 Å². The van der Waals surface area contributed by atoms with E-state index in [9.17, 15) is 9.18 Å². The molecule has 106 valence electrons. The molecule has 1 amide bonds. The third-order valence-corrected chi connectivity index (χ3v) is 3.65. The molecule has 0 atom stereocenters. The first-order valence-electron chi connectivity index (χ1n) is 6.67. The van der Waals surface area contributed by atoms with Crippen molar-refractivity contribution in [2.75, 3.05) is 19.7 Å². The van der Waals surface area contributed by atoms with Gasteiger partial charge in [0.2, 0.25) is 0 Å². The molecule has 0 bridgehead atoms. The van der Waals surface area contributed by atoms with E-state index in [0.717, 1.165) is 13.1 Å². The zero-order valence-corrected chi connectivity index (χ0v) is 11.0. The first-order chi connectivity index (χ1) is 9.68. The van der Waals surface area contributed by atoms with Gasteiger partial charge in [0.15, 0.2) is 0 Å². The molecule has 3 rings (SSSR count). The second-order valence-corrected chi connectivity index (χ2v) is 5.04. The number of piperidine rings is 1. The average Bonchev–Trinajstić information content (AvgIpc) is 2.75. The molecule has 6 heteroatoms. The van der Waals surface area contributed by atoms with E-state index in [4.69, 9.17) is 4.74 Å². The van der Waals surface area contributed by atoms with E-state index >= 15 is 0 Å². The lowest BCUT2D eigenvalue weighted by molar-refractivity contribution is -0.124. The van der Waals surface area contributed by atoms with Crippen LogP contribution < -0.4 is 15.4 Å². The molecule has 2 aliphatic heterocycles. The summed E-state index contributed by atoms with van der Waals surface area (Å²) >= 11 is 0. The van der Waals surface area contributed by atoms with Gasteiger partial charge < -0.3 is 15.4 Å². The maximum absolute atomic E-state index is 12.8. The summed E-state index contributed by atoms with van der Waals surface area (Å²) in [5.41, 5.74) is -0.618. The molecule has 1 aromatic carbocycles. The average molecular weight is 277 g/mol. The molecule has 0 aromatic heterocycles. The summed E-state index contributed by atoms with van der Waals surface area (Å²) in [4.78, 5) is 16.6. The third-order valence-electron chi connectivity index (χ3n) is 3.65. The summed E-state index contributed by atoms with van der Waals surface area (Å²) < 4.78 is 18.3. The van der Waals surface area contributed by atoms with E-state index in [1.807, 2.05) is 0 Å². The number of amidine groups is 1. The molecule has 2 N–H and O–H groups in total. The predicted octanol–water partition coefficient (Wildman–Crippen LogP) is 0.855. The topological polar surface area (TPSA) is 62.7 Å². The zero-order valence-electron chi connectivity index (χ0n) is 11.0. The van der Waals surface area contributed by atoms with Crippen molar-refractivity contribution in [3.8, 4) is 5.75 Å². The molecular weight excluding hydrogens is 261 g/mol. The number of halogens is 1. The van der Waals surface area contributed by atoms with Crippen molar-refractivity contribution >= 4 is 11.7 Å². The van der Waals surface area contributed by atoms with Crippen molar-refractivity contribution in [2.24, 2.45) is 4.99 Å². The number of hydrogen-bond donors (Lipinski definition) is 2. The highest BCUT2D eigenvalue weighted by Gasteiger charge is 2.44. The number of ether oxygens (including phenoxy) is 1. The quantitative estimate of drug-likeness (QED) is 0.861. The van der Waals surface area contributed by atoms with Crippen LogP contribution in [0, 0.1) is 5.82 Å². The molecule has 20 heavy (non-hydrogen) atoms. The first kappa shape index (κ1) is 13.1. The Morgan fingerprint density at radius 3 is 2.65 bits per heavy atom. The lowest BCUT2D eigenvalue weighted by Gasteiger charge is -2.28. The van der Waals surface area contributed by atoms with Crippen molar-refractivity contribution in [1.29, 1.82) is 0 Å². The van der Waals surface area contributed by atoms with Crippen LogP contribution >= 0.6 is 0 Å². The van der Waals surface area contributed by atoms with Gasteiger partial charge in [-0.25, -0.2) is 4.39 Å². The molecule has 1 spiro atoms. The van der Waals surface area contributed by atoms with Crippen molar-refractivity contribution in [3.63, 3.8) is 0 Å². The van der Waals surface area contributed by atoms with E-state index in [-0.39, 0.29) is 18.3 Å². The molecule has 0 radical (unpaired) electrons. The van der Waals surface area contributed by atoms with Crippen LogP contribution in [0.1, 0.15) is 12.8 Å². The van der Waals surface area contributed by atoms with E-state index in [2.05, 4.69) is 15.6 Å². The molecule has 1 saturated heterocycles. The fraction of sp³-hybridized carbons (Fsp3) is 0.429. The lowest BCUT2D eigenvalue weighted by Crippen LogP contribution is -2.47. The number of amides is 1. The fourth-order valence-corrected chi connectivity index (χ4v) is 2.51. The minimum absolute atomic E-state index is 0.0447. The summed E-state index contributed by atoms with van der Waals surface area (Å²) in [6.45, 7) is 1.78. The SMILES string of the molecule is O=C1NC(COc2ccc(F)cc2)=NC12CCNCC2. The fourth-order valence-electron chi connectivity index (χ4n) is 2.51. The lowest BCUT2D eigenvalue weighted by atomic mass is 9.89. The standard InChI is InChI=1S/C14H16FN3O2/c15-10-1-3-11(4-2-10)20-9-12-17-13(19)14(18-12)5-7-16-8-6-14/h1-4,16H,5-9H2,(H,17,18,19). The van der Waals surface area contributed by atoms with Crippen molar-refractivity contribution in [2.45, 2.75) is 18.4 Å². The van der Waals surface area contributed by atoms with E-state index in [1.54, 1.807) is 12.1 Å². The molecule has 0 aliphatic carbocycles. The van der Waals surface area contributed by atoms with Gasteiger partial charge in [0.05, 0.1) is 0 Å². The number of nitrogens with zero attached hydrogens (tertiary/aromatic N) is 1. The molecule has 1 aromatic rings. The Labute approximate surface area is 116 Å². The van der Waals surface area contributed by atoms with Crippen LogP contribution in [0.2, 0.25) is 0 Å². The number of hydrogen-bond acceptors (Lipinski definition) is 4. The van der Waals surface area contributed by atoms with Gasteiger partial charge in [-0.3, -0.25) is 9.79 Å². The van der Waals surface area contributed by atoms with Gasteiger partial charge in [-0.2, -0.15) is 0 Å². The minimum Gasteiger partial charge on any atom is -0.486 e. The van der Waals surface area contributed by atoms with Crippen molar-refractivity contribution < 1.29 is 13.9 Å². The van der Waals surface area contributed by atoms with Gasteiger partial charge in [-0.1, -0.05) is 0 Å². The minimum atomic E-state index is -0.618. The highest BCUT2D eigenvalue weighted by atomic mass is 19.1. The van der Waals surface area contributed by atoms with E-state index in [1.165, 1.54) is 12.1 Å². The number of benzene rings is 1. The molecule has 1 fully saturated rings. The highest BCUT2D eigenvalue weighted by molar-refractivity contribution is 6.08. The van der Waals surface area contributed by atoms with Gasteiger partial charge in [0.25, 0.3) is 5.91 Å². The summed E-state index contributed by atoms with van der Waals surface area (Å²) in [5, 5.41) is 6.00. The third kappa shape index (κ3) is 2.51. The smallest absolute Gasteiger partial charge is 0.253 e. The van der Waals surface area contributed by atoms with Crippen molar-refractivity contribution in [3.05, 3.63) is 30.1 Å². The van der Waals surface area contributed by atoms with Crippen molar-refractivity contribution in [1.82, 2.24) is 10.6 Å². The molecule has 0 unspecified atom stereocenters. The summed E-state index contributed by atoms with van der Waals surface area (Å²) in [7, 11) is 0. The second kappa shape index (κ2) is 5.20. The predicted molar refractivity (Wildman–Crippen MR) is 72.3 cm³/mol. The maximum atomic E-state index is 12.8. The number of nitrogens with one attached hydrogen (secondary N) is 2. The van der Waals surface area contributed by atoms with Crippen LogP contribution in [-0.4, -0.2) is 37.0 Å². The van der Waals surface area contributed by atoms with Gasteiger partial charge in [-0.15, -0.1) is 0 Å². The Hall–Kier alpha value is -1.95. The summed E-state index contributed by atoms with van der Waals surface area (Å²) in [6, 6.07) is 5.76. The van der Waals surface area contributed by atoms with Crippen LogP contribution in [0.4, 0.5) is 4.39 Å². The Morgan fingerprint density at radius 2 is 1.95 bits per heavy atom. The highest BCUT2D eigenvalue weighted by Crippen LogP contribution is 2.27. The Morgan fingerprint density at radius 1 is 1.25 bits per heavy atom. The normalized spacial score (nSPS) is 20.6. The number of rotatable bonds is 3. The summed E-state index contributed by atoms with van der Waals surface area (Å²) in [5.74, 6) is 0.741. The maximum Gasteiger partial charge on any atom is 0.253 e. The van der Waals surface area contributed by atoms with Gasteiger partial charge in [0, 0.05) is 0 Å². The molecule has 2 aliphatic rings. The van der Waals surface area contributed by atoms with Gasteiger partial charge in [-0.05, 0) is 50.2 Å². The molecule has 0 saturated carbocycles. The van der Waals surface area contributed by atoms with Gasteiger partial charge in [0.1, 0.15) is 29.5 Å². The van der Waals surface area contributed by atoms with Crippen LogP contribution in [0.5, 0.6) is 5.75 Å². The largest absolute Gasteiger partial charge is 0.486 e. The number of aliphatic imine (C=N–C) groups is 1. The Bertz CT molecular complexity index is 536. The van der Waals surface area contributed by atoms with Crippen LogP contribution in [0.25, 0.3) is 0 Å². The van der Waals surface area contributed by atoms with E-state index in [0.29, 0.717) is 24.4 Å². The monoisotopic (exact) mass is 277 g/mol. The van der Waals surface area contributed by atoms with Crippen LogP contribution in [-0.2, 0) is 4.79 Å². The summed E-state index contributed by atoms with van der Waals surface area (Å²) in [6.07, 6.45) is 1.41. The number of carbonyl (C=O) groups excluding carboxylic acids is 1. The molecular formula is C14H16FN3O2. The van der Waals surface area contributed by atoms with E-state index < -0.39 is 5.54 Å². The van der Waals surface area contributed by atoms with Crippen LogP contribution in [0.15, 0.2) is 29.3 Å². The zero-order chi connectivity index (χ0) is 14.0. The number of carbonyl (C=O) groups is 1. The molecule has 2 heterocycles. The second-order valence-electron chi connectivity index (χ2n) is 5.04.